The lowest BCUT2D eigenvalue weighted by atomic mass is 10.1. The molecule has 0 radical (unpaired) electrons. The topological polar surface area (TPSA) is 45.2 Å². The first-order valence-corrected chi connectivity index (χ1v) is 11.9. The quantitative estimate of drug-likeness (QED) is 0.207. The molecular formula is C26H41NO2. The summed E-state index contributed by atoms with van der Waals surface area (Å²) >= 11 is 0. The fourth-order valence-electron chi connectivity index (χ4n) is 3.72. The van der Waals surface area contributed by atoms with E-state index in [1.165, 1.54) is 83.5 Å². The summed E-state index contributed by atoms with van der Waals surface area (Å²) in [6, 6.07) is 5.62. The van der Waals surface area contributed by atoms with Crippen LogP contribution in [0.4, 0.5) is 0 Å². The van der Waals surface area contributed by atoms with Crippen molar-refractivity contribution in [2.45, 2.75) is 96.8 Å². The van der Waals surface area contributed by atoms with Gasteiger partial charge in [-0.1, -0.05) is 76.9 Å². The lowest BCUT2D eigenvalue weighted by molar-refractivity contribution is 0.289. The number of rotatable bonds is 17. The highest BCUT2D eigenvalue weighted by molar-refractivity contribution is 5.83. The normalized spacial score (nSPS) is 11.6. The van der Waals surface area contributed by atoms with Crippen LogP contribution in [0.2, 0.25) is 0 Å². The highest BCUT2D eigenvalue weighted by atomic mass is 16.5. The molecule has 2 rings (SSSR count). The number of aromatic amines is 1. The molecule has 0 aliphatic rings. The molecule has 0 saturated carbocycles. The molecule has 1 heterocycles. The van der Waals surface area contributed by atoms with Crippen molar-refractivity contribution < 1.29 is 9.84 Å². The van der Waals surface area contributed by atoms with Crippen molar-refractivity contribution in [1.82, 2.24) is 4.98 Å². The number of benzene rings is 1. The number of phenols is 1. The van der Waals surface area contributed by atoms with E-state index in [2.05, 4.69) is 24.1 Å². The first-order valence-electron chi connectivity index (χ1n) is 11.9. The molecule has 3 nitrogen and oxygen atoms in total. The number of aromatic hydroxyl groups is 1. The summed E-state index contributed by atoms with van der Waals surface area (Å²) in [6.07, 6.45) is 24.9. The van der Waals surface area contributed by atoms with E-state index in [1.54, 1.807) is 6.07 Å². The summed E-state index contributed by atoms with van der Waals surface area (Å²) in [7, 11) is 0. The Morgan fingerprint density at radius 2 is 1.45 bits per heavy atom. The van der Waals surface area contributed by atoms with Crippen LogP contribution in [0.25, 0.3) is 10.9 Å². The minimum Gasteiger partial charge on any atom is -0.504 e. The smallest absolute Gasteiger partial charge is 0.161 e. The first kappa shape index (κ1) is 23.4. The van der Waals surface area contributed by atoms with Crippen molar-refractivity contribution in [3.8, 4) is 11.5 Å². The van der Waals surface area contributed by atoms with Gasteiger partial charge in [-0.25, -0.2) is 0 Å². The highest BCUT2D eigenvalue weighted by Crippen LogP contribution is 2.31. The zero-order valence-corrected chi connectivity index (χ0v) is 18.4. The van der Waals surface area contributed by atoms with E-state index in [0.29, 0.717) is 12.4 Å². The van der Waals surface area contributed by atoms with Crippen molar-refractivity contribution in [2.75, 3.05) is 6.61 Å². The predicted molar refractivity (Wildman–Crippen MR) is 125 cm³/mol. The van der Waals surface area contributed by atoms with Gasteiger partial charge in [-0.15, -0.1) is 0 Å². The molecular weight excluding hydrogens is 358 g/mol. The van der Waals surface area contributed by atoms with Crippen molar-refractivity contribution in [3.05, 3.63) is 36.5 Å². The van der Waals surface area contributed by atoms with Gasteiger partial charge >= 0.3 is 0 Å². The highest BCUT2D eigenvalue weighted by Gasteiger charge is 2.05. The standard InChI is InChI=1S/C26H41NO2/c1-2-3-4-5-6-7-8-9-10-11-12-13-14-15-16-17-20-29-26-21-23-18-19-27-24(23)22-25(26)28/h9-10,18-19,21-22,27-28H,2-8,11-17,20H2,1H3. The second-order valence-corrected chi connectivity index (χ2v) is 8.17. The SMILES string of the molecule is CCCCCCCCC=CCCCCCCCCOc1cc2cc[nH]c2cc1O. The van der Waals surface area contributed by atoms with Gasteiger partial charge in [-0.05, 0) is 44.2 Å². The largest absolute Gasteiger partial charge is 0.504 e. The Kier molecular flexibility index (Phi) is 12.1. The summed E-state index contributed by atoms with van der Waals surface area (Å²) in [5.74, 6) is 0.800. The second kappa shape index (κ2) is 15.0. The van der Waals surface area contributed by atoms with E-state index in [9.17, 15) is 5.11 Å². The minimum atomic E-state index is 0.212. The van der Waals surface area contributed by atoms with E-state index in [4.69, 9.17) is 4.74 Å². The number of ether oxygens (including phenoxy) is 1. The number of fused-ring (bicyclic) bond motifs is 1. The Morgan fingerprint density at radius 3 is 2.14 bits per heavy atom. The van der Waals surface area contributed by atoms with Crippen LogP contribution in [0, 0.1) is 0 Å². The Bertz CT molecular complexity index is 689. The number of unbranched alkanes of at least 4 members (excludes halogenated alkanes) is 12. The van der Waals surface area contributed by atoms with Crippen LogP contribution in [-0.4, -0.2) is 16.7 Å². The maximum Gasteiger partial charge on any atom is 0.161 e. The molecule has 0 unspecified atom stereocenters. The van der Waals surface area contributed by atoms with Gasteiger partial charge in [0.15, 0.2) is 11.5 Å². The minimum absolute atomic E-state index is 0.212. The molecule has 0 aliphatic heterocycles. The lowest BCUT2D eigenvalue weighted by Gasteiger charge is -2.08. The van der Waals surface area contributed by atoms with Gasteiger partial charge in [0.05, 0.1) is 6.61 Å². The third-order valence-electron chi connectivity index (χ3n) is 5.55. The second-order valence-electron chi connectivity index (χ2n) is 8.17. The average molecular weight is 400 g/mol. The van der Waals surface area contributed by atoms with Crippen LogP contribution in [-0.2, 0) is 0 Å². The zero-order chi connectivity index (χ0) is 20.6. The Morgan fingerprint density at radius 1 is 0.828 bits per heavy atom. The van der Waals surface area contributed by atoms with Crippen molar-refractivity contribution in [1.29, 1.82) is 0 Å². The van der Waals surface area contributed by atoms with E-state index < -0.39 is 0 Å². The molecule has 0 fully saturated rings. The number of phenolic OH excluding ortho intramolecular Hbond substituents is 1. The molecule has 0 atom stereocenters. The molecule has 0 bridgehead atoms. The number of hydrogen-bond acceptors (Lipinski definition) is 2. The summed E-state index contributed by atoms with van der Waals surface area (Å²) in [5.41, 5.74) is 0.937. The van der Waals surface area contributed by atoms with Crippen LogP contribution in [0.5, 0.6) is 11.5 Å². The Labute approximate surface area is 177 Å². The van der Waals surface area contributed by atoms with Gasteiger partial charge in [-0.2, -0.15) is 0 Å². The maximum absolute atomic E-state index is 10.0. The third kappa shape index (κ3) is 9.92. The van der Waals surface area contributed by atoms with E-state index >= 15 is 0 Å². The predicted octanol–water partition coefficient (Wildman–Crippen LogP) is 8.29. The molecule has 0 saturated heterocycles. The van der Waals surface area contributed by atoms with Crippen LogP contribution >= 0.6 is 0 Å². The molecule has 0 spiro atoms. The Hall–Kier alpha value is -1.90. The lowest BCUT2D eigenvalue weighted by Crippen LogP contribution is -1.97. The summed E-state index contributed by atoms with van der Waals surface area (Å²) in [6.45, 7) is 2.95. The molecule has 162 valence electrons. The van der Waals surface area contributed by atoms with Gasteiger partial charge in [0.1, 0.15) is 0 Å². The van der Waals surface area contributed by atoms with Gasteiger partial charge in [0.2, 0.25) is 0 Å². The Balaban J connectivity index is 1.38. The van der Waals surface area contributed by atoms with Crippen LogP contribution < -0.4 is 4.74 Å². The van der Waals surface area contributed by atoms with Gasteiger partial charge in [0.25, 0.3) is 0 Å². The molecule has 3 heteroatoms. The van der Waals surface area contributed by atoms with Crippen LogP contribution in [0.1, 0.15) is 96.8 Å². The van der Waals surface area contributed by atoms with Crippen LogP contribution in [0.15, 0.2) is 36.5 Å². The molecule has 0 aliphatic carbocycles. The molecule has 0 amide bonds. The number of hydrogen-bond donors (Lipinski definition) is 2. The molecule has 1 aromatic carbocycles. The molecule has 2 N–H and O–H groups in total. The molecule has 1 aromatic heterocycles. The molecule has 2 aromatic rings. The van der Waals surface area contributed by atoms with Crippen molar-refractivity contribution in [3.63, 3.8) is 0 Å². The summed E-state index contributed by atoms with van der Waals surface area (Å²) < 4.78 is 5.76. The van der Waals surface area contributed by atoms with Gasteiger partial charge in [-0.3, -0.25) is 0 Å². The van der Waals surface area contributed by atoms with Crippen molar-refractivity contribution >= 4 is 10.9 Å². The van der Waals surface area contributed by atoms with E-state index in [0.717, 1.165) is 17.3 Å². The maximum atomic E-state index is 10.0. The summed E-state index contributed by atoms with van der Waals surface area (Å²) in [5, 5.41) is 11.1. The number of aromatic nitrogens is 1. The van der Waals surface area contributed by atoms with Crippen molar-refractivity contribution in [2.24, 2.45) is 0 Å². The van der Waals surface area contributed by atoms with Crippen LogP contribution in [0.3, 0.4) is 0 Å². The number of allylic oxidation sites excluding steroid dienone is 2. The third-order valence-corrected chi connectivity index (χ3v) is 5.55. The number of nitrogens with one attached hydrogen (secondary N) is 1. The monoisotopic (exact) mass is 399 g/mol. The average Bonchev–Trinajstić information content (AvgIpc) is 3.17. The van der Waals surface area contributed by atoms with E-state index in [1.807, 2.05) is 18.3 Å². The first-order chi connectivity index (χ1) is 14.3. The fraction of sp³-hybridized carbons (Fsp3) is 0.615. The molecule has 29 heavy (non-hydrogen) atoms. The summed E-state index contributed by atoms with van der Waals surface area (Å²) in [4.78, 5) is 3.09. The van der Waals surface area contributed by atoms with E-state index in [-0.39, 0.29) is 5.75 Å². The number of H-pyrrole nitrogens is 1. The zero-order valence-electron chi connectivity index (χ0n) is 18.4. The van der Waals surface area contributed by atoms with Gasteiger partial charge < -0.3 is 14.8 Å². The fourth-order valence-corrected chi connectivity index (χ4v) is 3.72. The van der Waals surface area contributed by atoms with Gasteiger partial charge in [0, 0.05) is 23.2 Å².